The van der Waals surface area contributed by atoms with Gasteiger partial charge in [-0.1, -0.05) is 0 Å². The molecule has 0 aliphatic carbocycles. The van der Waals surface area contributed by atoms with E-state index in [2.05, 4.69) is 47.0 Å². The van der Waals surface area contributed by atoms with E-state index in [9.17, 15) is 0 Å². The van der Waals surface area contributed by atoms with Crippen LogP contribution >= 0.6 is 0 Å². The summed E-state index contributed by atoms with van der Waals surface area (Å²) in [5.41, 5.74) is -0.0640. The first kappa shape index (κ1) is 14.3. The zero-order valence-electron chi connectivity index (χ0n) is 12.7. The van der Waals surface area contributed by atoms with Gasteiger partial charge >= 0.3 is 0 Å². The fourth-order valence-electron chi connectivity index (χ4n) is 4.10. The van der Waals surface area contributed by atoms with E-state index >= 15 is 0 Å². The third-order valence-corrected chi connectivity index (χ3v) is 4.81. The monoisotopic (exact) mass is 255 g/mol. The summed E-state index contributed by atoms with van der Waals surface area (Å²) < 4.78 is 12.0. The molecular formula is C15H29NO2. The second-order valence-electron chi connectivity index (χ2n) is 7.12. The van der Waals surface area contributed by atoms with E-state index in [1.807, 2.05) is 0 Å². The maximum atomic E-state index is 6.25. The molecule has 2 aliphatic rings. The van der Waals surface area contributed by atoms with Gasteiger partial charge in [0.15, 0.2) is 0 Å². The molecular weight excluding hydrogens is 226 g/mol. The second-order valence-corrected chi connectivity index (χ2v) is 7.12. The van der Waals surface area contributed by atoms with Crippen LogP contribution in [0.25, 0.3) is 0 Å². The van der Waals surface area contributed by atoms with Gasteiger partial charge in [-0.15, -0.1) is 0 Å². The Balaban J connectivity index is 2.17. The number of hydrogen-bond donors (Lipinski definition) is 1. The average molecular weight is 255 g/mol. The lowest BCUT2D eigenvalue weighted by Crippen LogP contribution is -2.48. The first-order valence-corrected chi connectivity index (χ1v) is 7.26. The lowest BCUT2D eigenvalue weighted by molar-refractivity contribution is -0.0802. The maximum absolute atomic E-state index is 6.25. The van der Waals surface area contributed by atoms with Gasteiger partial charge in [-0.2, -0.15) is 0 Å². The smallest absolute Gasteiger partial charge is 0.0677 e. The van der Waals surface area contributed by atoms with Gasteiger partial charge in [0, 0.05) is 24.5 Å². The standard InChI is InChI=1S/C15H29NO2/c1-10-11(7-8-17-10)13(16-6)12-9-14(2,3)18-15(12,4)5/h10-13,16H,7-9H2,1-6H3. The van der Waals surface area contributed by atoms with Crippen molar-refractivity contribution in [2.24, 2.45) is 11.8 Å². The lowest BCUT2D eigenvalue weighted by atomic mass is 9.75. The summed E-state index contributed by atoms with van der Waals surface area (Å²) in [4.78, 5) is 0. The molecule has 3 nitrogen and oxygen atoms in total. The summed E-state index contributed by atoms with van der Waals surface area (Å²) in [5, 5.41) is 3.55. The first-order valence-electron chi connectivity index (χ1n) is 7.26. The summed E-state index contributed by atoms with van der Waals surface area (Å²) >= 11 is 0. The Kier molecular flexibility index (Phi) is 3.79. The lowest BCUT2D eigenvalue weighted by Gasteiger charge is -2.37. The van der Waals surface area contributed by atoms with Crippen molar-refractivity contribution >= 4 is 0 Å². The minimum Gasteiger partial charge on any atom is -0.378 e. The van der Waals surface area contributed by atoms with E-state index in [0.29, 0.717) is 24.0 Å². The molecule has 0 radical (unpaired) electrons. The molecule has 0 aromatic rings. The largest absolute Gasteiger partial charge is 0.378 e. The van der Waals surface area contributed by atoms with Crippen LogP contribution in [0.4, 0.5) is 0 Å². The van der Waals surface area contributed by atoms with E-state index in [1.165, 1.54) is 6.42 Å². The van der Waals surface area contributed by atoms with Gasteiger partial charge in [0.05, 0.1) is 17.3 Å². The predicted octanol–water partition coefficient (Wildman–Crippen LogP) is 2.59. The molecule has 2 rings (SSSR count). The zero-order chi connectivity index (χ0) is 13.6. The Hall–Kier alpha value is -0.120. The van der Waals surface area contributed by atoms with Crippen LogP contribution in [0.3, 0.4) is 0 Å². The molecule has 0 aromatic heterocycles. The molecule has 0 amide bonds. The Morgan fingerprint density at radius 3 is 2.28 bits per heavy atom. The fourth-order valence-corrected chi connectivity index (χ4v) is 4.10. The van der Waals surface area contributed by atoms with Crippen LogP contribution in [-0.2, 0) is 9.47 Å². The third kappa shape index (κ3) is 2.59. The van der Waals surface area contributed by atoms with Crippen LogP contribution in [0.15, 0.2) is 0 Å². The first-order chi connectivity index (χ1) is 8.27. The minimum absolute atomic E-state index is 0.00797. The second kappa shape index (κ2) is 4.77. The average Bonchev–Trinajstić information content (AvgIpc) is 2.71. The quantitative estimate of drug-likeness (QED) is 0.841. The van der Waals surface area contributed by atoms with Crippen molar-refractivity contribution in [3.05, 3.63) is 0 Å². The van der Waals surface area contributed by atoms with Crippen LogP contribution in [0.1, 0.15) is 47.5 Å². The molecule has 2 aliphatic heterocycles. The van der Waals surface area contributed by atoms with Crippen molar-refractivity contribution in [3.63, 3.8) is 0 Å². The Bertz CT molecular complexity index is 301. The van der Waals surface area contributed by atoms with Crippen molar-refractivity contribution in [2.75, 3.05) is 13.7 Å². The topological polar surface area (TPSA) is 30.5 Å². The summed E-state index contributed by atoms with van der Waals surface area (Å²) in [5.74, 6) is 1.16. The molecule has 106 valence electrons. The van der Waals surface area contributed by atoms with Gasteiger partial charge in [0.1, 0.15) is 0 Å². The number of rotatable bonds is 3. The van der Waals surface area contributed by atoms with Crippen molar-refractivity contribution < 1.29 is 9.47 Å². The van der Waals surface area contributed by atoms with Gasteiger partial charge in [0.25, 0.3) is 0 Å². The van der Waals surface area contributed by atoms with E-state index in [1.54, 1.807) is 0 Å². The molecule has 18 heavy (non-hydrogen) atoms. The Labute approximate surface area is 112 Å². The highest BCUT2D eigenvalue weighted by Gasteiger charge is 2.51. The molecule has 4 unspecified atom stereocenters. The van der Waals surface area contributed by atoms with Gasteiger partial charge in [-0.3, -0.25) is 0 Å². The fraction of sp³-hybridized carbons (Fsp3) is 1.00. The van der Waals surface area contributed by atoms with E-state index in [-0.39, 0.29) is 11.2 Å². The summed E-state index contributed by atoms with van der Waals surface area (Å²) in [6, 6.07) is 0.485. The van der Waals surface area contributed by atoms with Gasteiger partial charge in [-0.25, -0.2) is 0 Å². The van der Waals surface area contributed by atoms with Crippen LogP contribution in [-0.4, -0.2) is 37.0 Å². The SMILES string of the molecule is CNC(C1CCOC1C)C1CC(C)(C)OC1(C)C. The number of hydrogen-bond acceptors (Lipinski definition) is 3. The summed E-state index contributed by atoms with van der Waals surface area (Å²) in [7, 11) is 2.08. The molecule has 0 bridgehead atoms. The summed E-state index contributed by atoms with van der Waals surface area (Å²) in [6.07, 6.45) is 2.65. The van der Waals surface area contributed by atoms with Crippen LogP contribution in [0.5, 0.6) is 0 Å². The maximum Gasteiger partial charge on any atom is 0.0677 e. The molecule has 2 fully saturated rings. The van der Waals surface area contributed by atoms with E-state index in [4.69, 9.17) is 9.47 Å². The van der Waals surface area contributed by atoms with Gasteiger partial charge in [-0.05, 0) is 54.5 Å². The Morgan fingerprint density at radius 2 is 1.89 bits per heavy atom. The number of ether oxygens (including phenoxy) is 2. The van der Waals surface area contributed by atoms with Crippen molar-refractivity contribution in [1.82, 2.24) is 5.32 Å². The molecule has 2 heterocycles. The molecule has 2 saturated heterocycles. The minimum atomic E-state index is -0.0561. The van der Waals surface area contributed by atoms with Gasteiger partial charge in [0.2, 0.25) is 0 Å². The Morgan fingerprint density at radius 1 is 1.22 bits per heavy atom. The van der Waals surface area contributed by atoms with E-state index < -0.39 is 0 Å². The number of nitrogens with one attached hydrogen (secondary N) is 1. The van der Waals surface area contributed by atoms with Gasteiger partial charge < -0.3 is 14.8 Å². The van der Waals surface area contributed by atoms with Crippen LogP contribution in [0, 0.1) is 11.8 Å². The predicted molar refractivity (Wildman–Crippen MR) is 73.7 cm³/mol. The molecule has 0 saturated carbocycles. The zero-order valence-corrected chi connectivity index (χ0v) is 12.7. The molecule has 0 spiro atoms. The van der Waals surface area contributed by atoms with Crippen molar-refractivity contribution in [2.45, 2.75) is 70.8 Å². The van der Waals surface area contributed by atoms with E-state index in [0.717, 1.165) is 13.0 Å². The highest BCUT2D eigenvalue weighted by Crippen LogP contribution is 2.46. The summed E-state index contributed by atoms with van der Waals surface area (Å²) in [6.45, 7) is 12.0. The molecule has 1 N–H and O–H groups in total. The highest BCUT2D eigenvalue weighted by molar-refractivity contribution is 5.02. The van der Waals surface area contributed by atoms with Crippen molar-refractivity contribution in [3.8, 4) is 0 Å². The van der Waals surface area contributed by atoms with Crippen LogP contribution < -0.4 is 5.32 Å². The molecule has 3 heteroatoms. The third-order valence-electron chi connectivity index (χ3n) is 4.81. The molecule has 0 aromatic carbocycles. The normalized spacial score (nSPS) is 40.0. The van der Waals surface area contributed by atoms with Crippen LogP contribution in [0.2, 0.25) is 0 Å². The molecule has 4 atom stereocenters. The van der Waals surface area contributed by atoms with Crippen molar-refractivity contribution in [1.29, 1.82) is 0 Å². The highest BCUT2D eigenvalue weighted by atomic mass is 16.5.